The summed E-state index contributed by atoms with van der Waals surface area (Å²) < 4.78 is 12.7. The second kappa shape index (κ2) is 5.70. The van der Waals surface area contributed by atoms with Gasteiger partial charge in [-0.15, -0.1) is 0 Å². The Hall–Kier alpha value is -0.890. The molecule has 0 radical (unpaired) electrons. The van der Waals surface area contributed by atoms with E-state index in [1.165, 1.54) is 12.1 Å². The molecular formula is C10H12ClFO. The minimum Gasteiger partial charge on any atom is -0.298 e. The fourth-order valence-corrected chi connectivity index (χ4v) is 1.06. The number of carbonyl (C=O) groups excluding carboxylic acids is 1. The molecule has 0 spiro atoms. The molecule has 72 valence electrons. The minimum atomic E-state index is -0.556. The highest BCUT2D eigenvalue weighted by atomic mass is 35.5. The highest BCUT2D eigenvalue weighted by molar-refractivity contribution is 6.33. The first-order valence-corrected chi connectivity index (χ1v) is 4.44. The van der Waals surface area contributed by atoms with E-state index in [4.69, 9.17) is 11.6 Å². The molecule has 0 aliphatic carbocycles. The van der Waals surface area contributed by atoms with Crippen LogP contribution < -0.4 is 0 Å². The molecule has 0 saturated heterocycles. The van der Waals surface area contributed by atoms with Gasteiger partial charge >= 0.3 is 0 Å². The second-order valence-electron chi connectivity index (χ2n) is 2.21. The Labute approximate surface area is 82.5 Å². The zero-order chi connectivity index (χ0) is 10.4. The molecule has 0 saturated carbocycles. The monoisotopic (exact) mass is 202 g/mol. The van der Waals surface area contributed by atoms with E-state index in [2.05, 4.69) is 0 Å². The summed E-state index contributed by atoms with van der Waals surface area (Å²) in [5.41, 5.74) is 0.915. The smallest absolute Gasteiger partial charge is 0.151 e. The van der Waals surface area contributed by atoms with Crippen LogP contribution in [-0.4, -0.2) is 6.29 Å². The number of halogens is 2. The van der Waals surface area contributed by atoms with Crippen molar-refractivity contribution in [1.82, 2.24) is 0 Å². The quantitative estimate of drug-likeness (QED) is 0.636. The van der Waals surface area contributed by atoms with Crippen LogP contribution in [0, 0.1) is 12.7 Å². The van der Waals surface area contributed by atoms with Gasteiger partial charge in [-0.2, -0.15) is 0 Å². The Morgan fingerprint density at radius 3 is 2.31 bits per heavy atom. The number of aryl methyl sites for hydroxylation is 1. The predicted octanol–water partition coefficient (Wildman–Crippen LogP) is 3.63. The molecule has 0 aromatic heterocycles. The van der Waals surface area contributed by atoms with E-state index < -0.39 is 5.82 Å². The van der Waals surface area contributed by atoms with Gasteiger partial charge in [0.15, 0.2) is 6.29 Å². The maximum atomic E-state index is 12.7. The van der Waals surface area contributed by atoms with Gasteiger partial charge in [-0.1, -0.05) is 31.5 Å². The summed E-state index contributed by atoms with van der Waals surface area (Å²) in [6.45, 7) is 5.70. The van der Waals surface area contributed by atoms with Crippen LogP contribution in [0.1, 0.15) is 29.8 Å². The van der Waals surface area contributed by atoms with Gasteiger partial charge in [-0.25, -0.2) is 4.39 Å². The Morgan fingerprint density at radius 1 is 1.38 bits per heavy atom. The molecule has 0 bridgehead atoms. The lowest BCUT2D eigenvalue weighted by atomic mass is 10.1. The lowest BCUT2D eigenvalue weighted by Gasteiger charge is -2.00. The number of carbonyl (C=O) groups is 1. The lowest BCUT2D eigenvalue weighted by Crippen LogP contribution is -1.90. The Morgan fingerprint density at radius 2 is 1.92 bits per heavy atom. The SMILES string of the molecule is CC.Cc1ccc(F)c(Cl)c1C=O. The molecule has 0 aliphatic heterocycles. The average Bonchev–Trinajstić information content (AvgIpc) is 2.16. The van der Waals surface area contributed by atoms with Crippen LogP contribution in [0.3, 0.4) is 0 Å². The van der Waals surface area contributed by atoms with Crippen molar-refractivity contribution in [3.8, 4) is 0 Å². The highest BCUT2D eigenvalue weighted by Crippen LogP contribution is 2.20. The molecule has 0 fully saturated rings. The van der Waals surface area contributed by atoms with Crippen molar-refractivity contribution in [3.63, 3.8) is 0 Å². The molecule has 0 N–H and O–H groups in total. The molecule has 0 amide bonds. The number of hydrogen-bond acceptors (Lipinski definition) is 1. The average molecular weight is 203 g/mol. The molecule has 1 aromatic rings. The molecule has 0 heterocycles. The van der Waals surface area contributed by atoms with Gasteiger partial charge in [-0.05, 0) is 18.6 Å². The number of rotatable bonds is 1. The number of hydrogen-bond donors (Lipinski definition) is 0. The standard InChI is InChI=1S/C8H6ClFO.C2H6/c1-5-2-3-7(10)8(9)6(5)4-11;1-2/h2-4H,1H3;1-2H3. The van der Waals surface area contributed by atoms with Gasteiger partial charge in [0.2, 0.25) is 0 Å². The minimum absolute atomic E-state index is 0.0972. The Kier molecular flexibility index (Phi) is 5.31. The zero-order valence-corrected chi connectivity index (χ0v) is 8.65. The molecule has 1 rings (SSSR count). The molecule has 1 nitrogen and oxygen atoms in total. The van der Waals surface area contributed by atoms with E-state index in [1.807, 2.05) is 13.8 Å². The molecule has 0 atom stereocenters. The fourth-order valence-electron chi connectivity index (χ4n) is 0.808. The van der Waals surface area contributed by atoms with Gasteiger partial charge in [0.1, 0.15) is 5.82 Å². The Bertz CT molecular complexity index is 297. The van der Waals surface area contributed by atoms with Crippen LogP contribution in [0.5, 0.6) is 0 Å². The summed E-state index contributed by atoms with van der Waals surface area (Å²) >= 11 is 5.49. The predicted molar refractivity (Wildman–Crippen MR) is 52.9 cm³/mol. The van der Waals surface area contributed by atoms with Crippen molar-refractivity contribution in [2.45, 2.75) is 20.8 Å². The van der Waals surface area contributed by atoms with E-state index in [0.717, 1.165) is 0 Å². The van der Waals surface area contributed by atoms with E-state index in [0.29, 0.717) is 11.8 Å². The summed E-state index contributed by atoms with van der Waals surface area (Å²) in [4.78, 5) is 10.3. The van der Waals surface area contributed by atoms with Gasteiger partial charge in [0.25, 0.3) is 0 Å². The second-order valence-corrected chi connectivity index (χ2v) is 2.59. The van der Waals surface area contributed by atoms with Crippen LogP contribution in [0.4, 0.5) is 4.39 Å². The van der Waals surface area contributed by atoms with Crippen molar-refractivity contribution in [2.75, 3.05) is 0 Å². The van der Waals surface area contributed by atoms with E-state index in [-0.39, 0.29) is 10.6 Å². The molecule has 1 aromatic carbocycles. The van der Waals surface area contributed by atoms with Gasteiger partial charge in [0.05, 0.1) is 5.02 Å². The first-order chi connectivity index (χ1) is 6.16. The summed E-state index contributed by atoms with van der Waals surface area (Å²) in [5.74, 6) is -0.556. The topological polar surface area (TPSA) is 17.1 Å². The largest absolute Gasteiger partial charge is 0.298 e. The Balaban J connectivity index is 0.000000671. The summed E-state index contributed by atoms with van der Waals surface area (Å²) in [6, 6.07) is 2.76. The summed E-state index contributed by atoms with van der Waals surface area (Å²) in [6.07, 6.45) is 0.556. The first-order valence-electron chi connectivity index (χ1n) is 4.06. The normalized spacial score (nSPS) is 8.69. The van der Waals surface area contributed by atoms with E-state index in [9.17, 15) is 9.18 Å². The van der Waals surface area contributed by atoms with Crippen molar-refractivity contribution in [2.24, 2.45) is 0 Å². The van der Waals surface area contributed by atoms with Gasteiger partial charge < -0.3 is 0 Å². The first kappa shape index (κ1) is 12.1. The maximum absolute atomic E-state index is 12.7. The zero-order valence-electron chi connectivity index (χ0n) is 7.90. The van der Waals surface area contributed by atoms with Crippen molar-refractivity contribution in [3.05, 3.63) is 34.1 Å². The summed E-state index contributed by atoms with van der Waals surface area (Å²) in [5, 5.41) is -0.0972. The summed E-state index contributed by atoms with van der Waals surface area (Å²) in [7, 11) is 0. The molecule has 3 heteroatoms. The van der Waals surface area contributed by atoms with Crippen LogP contribution in [-0.2, 0) is 0 Å². The van der Waals surface area contributed by atoms with Gasteiger partial charge in [0, 0.05) is 5.56 Å². The molecule has 0 aliphatic rings. The maximum Gasteiger partial charge on any atom is 0.151 e. The van der Waals surface area contributed by atoms with Crippen LogP contribution >= 0.6 is 11.6 Å². The molecular weight excluding hydrogens is 191 g/mol. The van der Waals surface area contributed by atoms with Crippen molar-refractivity contribution < 1.29 is 9.18 Å². The van der Waals surface area contributed by atoms with E-state index >= 15 is 0 Å². The van der Waals surface area contributed by atoms with Crippen LogP contribution in [0.25, 0.3) is 0 Å². The van der Waals surface area contributed by atoms with E-state index in [1.54, 1.807) is 6.92 Å². The fraction of sp³-hybridized carbons (Fsp3) is 0.300. The molecule has 0 unspecified atom stereocenters. The lowest BCUT2D eigenvalue weighted by molar-refractivity contribution is 0.112. The van der Waals surface area contributed by atoms with Crippen LogP contribution in [0.2, 0.25) is 5.02 Å². The van der Waals surface area contributed by atoms with Crippen LogP contribution in [0.15, 0.2) is 12.1 Å². The van der Waals surface area contributed by atoms with Gasteiger partial charge in [-0.3, -0.25) is 4.79 Å². The molecule has 13 heavy (non-hydrogen) atoms. The third-order valence-electron chi connectivity index (χ3n) is 1.47. The number of aldehydes is 1. The third-order valence-corrected chi connectivity index (χ3v) is 1.85. The van der Waals surface area contributed by atoms with Crippen molar-refractivity contribution >= 4 is 17.9 Å². The van der Waals surface area contributed by atoms with Crippen molar-refractivity contribution in [1.29, 1.82) is 0 Å². The highest BCUT2D eigenvalue weighted by Gasteiger charge is 2.06. The third kappa shape index (κ3) is 2.81. The number of benzene rings is 1.